The molecule has 4 unspecified atom stereocenters. The number of aliphatic hydroxyl groups is 2. The number of carbonyl (C=O) groups excluding carboxylic acids is 1. The molecule has 1 fully saturated rings. The number of likely N-dealkylation sites (N-methyl/N-ethyl adjacent to an activating group) is 1. The highest BCUT2D eigenvalue weighted by atomic mass is 16.4. The van der Waals surface area contributed by atoms with E-state index < -0.39 is 41.0 Å². The number of carboxylic acid groups (broad SMARTS) is 2. The van der Waals surface area contributed by atoms with Gasteiger partial charge in [-0.25, -0.2) is 0 Å². The number of carboxylic acids is 2. The Bertz CT molecular complexity index is 610. The molecule has 0 aromatic heterocycles. The van der Waals surface area contributed by atoms with Crippen LogP contribution in [0.25, 0.3) is 0 Å². The molecular weight excluding hydrogens is 422 g/mol. The summed E-state index contributed by atoms with van der Waals surface area (Å²) in [7, 11) is 3.52. The van der Waals surface area contributed by atoms with Crippen molar-refractivity contribution in [3.05, 3.63) is 0 Å². The van der Waals surface area contributed by atoms with Crippen molar-refractivity contribution in [1.82, 2.24) is 0 Å². The van der Waals surface area contributed by atoms with Crippen LogP contribution in [0.5, 0.6) is 0 Å². The van der Waals surface area contributed by atoms with Crippen LogP contribution >= 0.6 is 0 Å². The lowest BCUT2D eigenvalue weighted by atomic mass is 9.50. The van der Waals surface area contributed by atoms with E-state index in [4.69, 9.17) is 0 Å². The van der Waals surface area contributed by atoms with Gasteiger partial charge in [-0.2, -0.15) is 0 Å². The summed E-state index contributed by atoms with van der Waals surface area (Å²) in [5.41, 5.74) is -3.17. The monoisotopic (exact) mass is 471 g/mol. The lowest BCUT2D eigenvalue weighted by Gasteiger charge is -2.69. The maximum Gasteiger partial charge on any atom is 0.322 e. The Kier molecular flexibility index (Phi) is 11.8. The SMILES string of the molecule is CCCCCCCCCCCCC1(C(=O)[O-])C(C(=O)O)(C(CC(C)O)CC(C)O)C[N+]1(C)C. The van der Waals surface area contributed by atoms with Crippen molar-refractivity contribution in [1.29, 1.82) is 0 Å². The highest BCUT2D eigenvalue weighted by molar-refractivity contribution is 5.90. The second-order valence-corrected chi connectivity index (χ2v) is 11.1. The minimum atomic E-state index is -1.59. The number of nitrogens with zero attached hydrogens (tertiary/aromatic N) is 1. The van der Waals surface area contributed by atoms with E-state index >= 15 is 0 Å². The van der Waals surface area contributed by atoms with Crippen LogP contribution in [0.15, 0.2) is 0 Å². The smallest absolute Gasteiger partial charge is 0.322 e. The molecule has 3 N–H and O–H groups in total. The molecule has 1 aliphatic rings. The molecular formula is C26H49NO6. The summed E-state index contributed by atoms with van der Waals surface area (Å²) < 4.78 is 0.0369. The minimum absolute atomic E-state index is 0.0369. The summed E-state index contributed by atoms with van der Waals surface area (Å²) in [5, 5.41) is 43.2. The Morgan fingerprint density at radius 1 is 0.879 bits per heavy atom. The fourth-order valence-corrected chi connectivity index (χ4v) is 6.47. The van der Waals surface area contributed by atoms with E-state index in [9.17, 15) is 30.0 Å². The highest BCUT2D eigenvalue weighted by Crippen LogP contribution is 2.60. The van der Waals surface area contributed by atoms with E-state index in [0.717, 1.165) is 19.3 Å². The molecule has 1 saturated heterocycles. The van der Waals surface area contributed by atoms with Crippen molar-refractivity contribution in [2.75, 3.05) is 20.6 Å². The molecule has 0 radical (unpaired) electrons. The number of aliphatic carboxylic acids is 2. The largest absolute Gasteiger partial charge is 0.544 e. The van der Waals surface area contributed by atoms with Gasteiger partial charge in [-0.1, -0.05) is 64.7 Å². The molecule has 1 heterocycles. The maximum atomic E-state index is 12.7. The van der Waals surface area contributed by atoms with Crippen LogP contribution < -0.4 is 5.11 Å². The van der Waals surface area contributed by atoms with Crippen molar-refractivity contribution in [3.63, 3.8) is 0 Å². The molecule has 194 valence electrons. The first-order valence-electron chi connectivity index (χ1n) is 13.0. The molecule has 7 nitrogen and oxygen atoms in total. The van der Waals surface area contributed by atoms with Crippen LogP contribution in [-0.4, -0.2) is 70.1 Å². The van der Waals surface area contributed by atoms with E-state index in [-0.39, 0.29) is 30.3 Å². The van der Waals surface area contributed by atoms with Crippen molar-refractivity contribution in [2.24, 2.45) is 11.3 Å². The van der Waals surface area contributed by atoms with Gasteiger partial charge in [0.2, 0.25) is 0 Å². The van der Waals surface area contributed by atoms with Gasteiger partial charge < -0.3 is 29.7 Å². The standard InChI is InChI=1S/C26H49NO6/c1-6-7-8-9-10-11-12-13-14-15-16-26(24(32)33)25(23(30)31,19-27(26,4)5)22(17-20(2)28)18-21(3)29/h20-22,28-29H,6-19H2,1-5H3,(H-,30,31,32,33). The second-order valence-electron chi connectivity index (χ2n) is 11.1. The first kappa shape index (κ1) is 29.9. The Morgan fingerprint density at radius 3 is 1.64 bits per heavy atom. The van der Waals surface area contributed by atoms with Crippen LogP contribution in [0, 0.1) is 11.3 Å². The van der Waals surface area contributed by atoms with Crippen LogP contribution in [0.3, 0.4) is 0 Å². The van der Waals surface area contributed by atoms with Gasteiger partial charge in [0.15, 0.2) is 11.0 Å². The summed E-state index contributed by atoms with van der Waals surface area (Å²) in [5.74, 6) is -3.16. The van der Waals surface area contributed by atoms with Crippen molar-refractivity contribution >= 4 is 11.9 Å². The summed E-state index contributed by atoms with van der Waals surface area (Å²) in [4.78, 5) is 25.4. The summed E-state index contributed by atoms with van der Waals surface area (Å²) in [6, 6.07) is 0. The predicted octanol–water partition coefficient (Wildman–Crippen LogP) is 3.11. The zero-order valence-corrected chi connectivity index (χ0v) is 21.6. The Labute approximate surface area is 200 Å². The number of hydrogen-bond donors (Lipinski definition) is 3. The number of quaternary nitrogens is 1. The molecule has 1 rings (SSSR count). The van der Waals surface area contributed by atoms with Gasteiger partial charge in [0.25, 0.3) is 0 Å². The van der Waals surface area contributed by atoms with E-state index in [0.29, 0.717) is 6.42 Å². The number of hydrogen-bond acceptors (Lipinski definition) is 5. The second kappa shape index (κ2) is 13.1. The summed E-state index contributed by atoms with van der Waals surface area (Å²) in [6.07, 6.45) is 9.99. The Morgan fingerprint density at radius 2 is 1.30 bits per heavy atom. The molecule has 0 aliphatic carbocycles. The van der Waals surface area contributed by atoms with Gasteiger partial charge in [0, 0.05) is 6.42 Å². The molecule has 0 spiro atoms. The van der Waals surface area contributed by atoms with Crippen molar-refractivity contribution in [3.8, 4) is 0 Å². The third-order valence-electron chi connectivity index (χ3n) is 7.98. The van der Waals surface area contributed by atoms with Gasteiger partial charge in [-0.05, 0) is 39.0 Å². The molecule has 1 aliphatic heterocycles. The highest BCUT2D eigenvalue weighted by Gasteiger charge is 2.79. The van der Waals surface area contributed by atoms with E-state index in [1.54, 1.807) is 27.9 Å². The van der Waals surface area contributed by atoms with Crippen LogP contribution in [0.2, 0.25) is 0 Å². The Balaban J connectivity index is 2.96. The molecule has 4 atom stereocenters. The zero-order chi connectivity index (χ0) is 25.3. The Hall–Kier alpha value is -1.18. The molecule has 0 amide bonds. The normalized spacial score (nSPS) is 26.9. The van der Waals surface area contributed by atoms with E-state index in [1.165, 1.54) is 38.5 Å². The zero-order valence-electron chi connectivity index (χ0n) is 21.6. The lowest BCUT2D eigenvalue weighted by Crippen LogP contribution is -2.90. The molecule has 33 heavy (non-hydrogen) atoms. The number of likely N-dealkylation sites (tertiary alicyclic amines) is 1. The number of aliphatic hydroxyl groups excluding tert-OH is 2. The van der Waals surface area contributed by atoms with Gasteiger partial charge in [-0.3, -0.25) is 4.79 Å². The van der Waals surface area contributed by atoms with Crippen LogP contribution in [0.4, 0.5) is 0 Å². The fourth-order valence-electron chi connectivity index (χ4n) is 6.47. The van der Waals surface area contributed by atoms with Gasteiger partial charge >= 0.3 is 5.97 Å². The average molecular weight is 472 g/mol. The van der Waals surface area contributed by atoms with E-state index in [2.05, 4.69) is 6.92 Å². The average Bonchev–Trinajstić information content (AvgIpc) is 2.68. The molecule has 7 heteroatoms. The number of rotatable bonds is 18. The topological polar surface area (TPSA) is 118 Å². The van der Waals surface area contributed by atoms with Crippen LogP contribution in [0.1, 0.15) is 104 Å². The van der Waals surface area contributed by atoms with Crippen molar-refractivity contribution in [2.45, 2.75) is 122 Å². The third kappa shape index (κ3) is 6.70. The molecule has 0 saturated carbocycles. The van der Waals surface area contributed by atoms with Gasteiger partial charge in [-0.15, -0.1) is 0 Å². The van der Waals surface area contributed by atoms with Crippen molar-refractivity contribution < 1.29 is 34.5 Å². The lowest BCUT2D eigenvalue weighted by molar-refractivity contribution is -0.998. The van der Waals surface area contributed by atoms with E-state index in [1.807, 2.05) is 0 Å². The summed E-state index contributed by atoms with van der Waals surface area (Å²) in [6.45, 7) is 5.49. The van der Waals surface area contributed by atoms with Crippen LogP contribution in [-0.2, 0) is 9.59 Å². The number of unbranched alkanes of at least 4 members (excludes halogenated alkanes) is 9. The third-order valence-corrected chi connectivity index (χ3v) is 7.98. The maximum absolute atomic E-state index is 12.7. The molecule has 0 bridgehead atoms. The first-order chi connectivity index (χ1) is 15.4. The number of carbonyl (C=O) groups is 2. The van der Waals surface area contributed by atoms with Gasteiger partial charge in [0.1, 0.15) is 12.5 Å². The fraction of sp³-hybridized carbons (Fsp3) is 0.923. The summed E-state index contributed by atoms with van der Waals surface area (Å²) >= 11 is 0. The van der Waals surface area contributed by atoms with Gasteiger partial charge in [0.05, 0.1) is 26.3 Å². The predicted molar refractivity (Wildman–Crippen MR) is 127 cm³/mol. The molecule has 0 aromatic rings. The molecule has 0 aromatic carbocycles. The quantitative estimate of drug-likeness (QED) is 0.209. The first-order valence-corrected chi connectivity index (χ1v) is 13.0. The minimum Gasteiger partial charge on any atom is -0.544 e.